The quantitative estimate of drug-likeness (QED) is 0.808. The molecule has 1 aliphatic heterocycles. The average Bonchev–Trinajstić information content (AvgIpc) is 3.00. The summed E-state index contributed by atoms with van der Waals surface area (Å²) in [5.41, 5.74) is -1.19. The molecule has 0 spiro atoms. The number of alkyl halides is 3. The molecule has 2 heterocycles. The lowest BCUT2D eigenvalue weighted by Crippen LogP contribution is -2.39. The van der Waals surface area contributed by atoms with Crippen molar-refractivity contribution in [2.24, 2.45) is 0 Å². The highest BCUT2D eigenvalue weighted by Gasteiger charge is 2.35. The highest BCUT2D eigenvalue weighted by Crippen LogP contribution is 2.36. The smallest absolute Gasteiger partial charge is 0.384 e. The molecule has 0 aliphatic carbocycles. The second-order valence-electron chi connectivity index (χ2n) is 5.82. The molecule has 6 nitrogen and oxygen atoms in total. The average molecular weight is 389 g/mol. The number of carbonyl (C=O) groups excluding carboxylic acids is 1. The molecule has 1 aromatic heterocycles. The van der Waals surface area contributed by atoms with Crippen LogP contribution in [0.5, 0.6) is 0 Å². The minimum absolute atomic E-state index is 0.158. The molecule has 10 heteroatoms. The van der Waals surface area contributed by atoms with Gasteiger partial charge in [-0.3, -0.25) is 4.79 Å². The van der Waals surface area contributed by atoms with Gasteiger partial charge in [-0.1, -0.05) is 17.7 Å². The number of fused-ring (bicyclic) bond motifs is 1. The molecule has 140 valence electrons. The molecular weight excluding hydrogens is 373 g/mol. The van der Waals surface area contributed by atoms with E-state index in [1.165, 1.54) is 17.0 Å². The van der Waals surface area contributed by atoms with Gasteiger partial charge in [-0.25, -0.2) is 0 Å². The molecule has 0 unspecified atom stereocenters. The fourth-order valence-corrected chi connectivity index (χ4v) is 3.17. The van der Waals surface area contributed by atoms with Gasteiger partial charge >= 0.3 is 6.18 Å². The molecule has 0 atom stereocenters. The monoisotopic (exact) mass is 388 g/mol. The Bertz CT molecular complexity index is 822. The van der Waals surface area contributed by atoms with Crippen LogP contribution >= 0.6 is 11.6 Å². The molecule has 1 amide bonds. The Morgan fingerprint density at radius 1 is 1.31 bits per heavy atom. The fraction of sp³-hybridized carbons (Fsp3) is 0.438. The summed E-state index contributed by atoms with van der Waals surface area (Å²) in [5.74, 6) is 0.777. The lowest BCUT2D eigenvalue weighted by atomic mass is 10.1. The topological polar surface area (TPSA) is 60.3 Å². The van der Waals surface area contributed by atoms with E-state index in [-0.39, 0.29) is 12.1 Å². The third kappa shape index (κ3) is 3.54. The van der Waals surface area contributed by atoms with Crippen LogP contribution in [0.1, 0.15) is 27.6 Å². The number of amides is 1. The first kappa shape index (κ1) is 18.7. The summed E-state index contributed by atoms with van der Waals surface area (Å²) >= 11 is 5.85. The molecule has 0 fully saturated rings. The predicted molar refractivity (Wildman–Crippen MR) is 86.8 cm³/mol. The zero-order valence-electron chi connectivity index (χ0n) is 13.9. The molecule has 1 aliphatic rings. The number of halogens is 4. The van der Waals surface area contributed by atoms with Gasteiger partial charge in [-0.2, -0.15) is 13.2 Å². The van der Waals surface area contributed by atoms with Gasteiger partial charge in [0.25, 0.3) is 5.91 Å². The third-order valence-electron chi connectivity index (χ3n) is 4.18. The molecule has 26 heavy (non-hydrogen) atoms. The number of carbonyl (C=O) groups is 1. The van der Waals surface area contributed by atoms with Crippen molar-refractivity contribution in [1.29, 1.82) is 0 Å². The Morgan fingerprint density at radius 2 is 2.08 bits per heavy atom. The number of aromatic nitrogens is 3. The van der Waals surface area contributed by atoms with Crippen LogP contribution in [0.15, 0.2) is 18.2 Å². The highest BCUT2D eigenvalue weighted by molar-refractivity contribution is 6.34. The number of hydrogen-bond donors (Lipinski definition) is 0. The van der Waals surface area contributed by atoms with Gasteiger partial charge in [0.1, 0.15) is 5.82 Å². The van der Waals surface area contributed by atoms with E-state index in [2.05, 4.69) is 10.2 Å². The van der Waals surface area contributed by atoms with Gasteiger partial charge in [0, 0.05) is 26.6 Å². The Hall–Kier alpha value is -2.13. The zero-order chi connectivity index (χ0) is 18.9. The fourth-order valence-electron chi connectivity index (χ4n) is 2.86. The van der Waals surface area contributed by atoms with E-state index in [0.717, 1.165) is 11.9 Å². The summed E-state index contributed by atoms with van der Waals surface area (Å²) in [4.78, 5) is 14.1. The van der Waals surface area contributed by atoms with Gasteiger partial charge in [0.2, 0.25) is 0 Å². The third-order valence-corrected chi connectivity index (χ3v) is 4.59. The van der Waals surface area contributed by atoms with Crippen LogP contribution in [-0.2, 0) is 30.4 Å². The summed E-state index contributed by atoms with van der Waals surface area (Å²) in [6, 6.07) is 3.33. The first-order chi connectivity index (χ1) is 12.3. The summed E-state index contributed by atoms with van der Waals surface area (Å²) in [5, 5.41) is 7.57. The molecule has 0 saturated heterocycles. The van der Waals surface area contributed by atoms with Crippen molar-refractivity contribution >= 4 is 17.5 Å². The molecule has 0 bridgehead atoms. The highest BCUT2D eigenvalue weighted by atomic mass is 35.5. The van der Waals surface area contributed by atoms with Gasteiger partial charge < -0.3 is 14.2 Å². The van der Waals surface area contributed by atoms with Crippen molar-refractivity contribution in [2.45, 2.75) is 25.7 Å². The maximum absolute atomic E-state index is 13.0. The summed E-state index contributed by atoms with van der Waals surface area (Å²) in [7, 11) is 1.59. The summed E-state index contributed by atoms with van der Waals surface area (Å²) in [6.07, 6.45) is -4.03. The number of hydrogen-bond acceptors (Lipinski definition) is 4. The number of benzene rings is 1. The molecule has 0 saturated carbocycles. The normalized spacial score (nSPS) is 14.4. The lowest BCUT2D eigenvalue weighted by molar-refractivity contribution is -0.137. The summed E-state index contributed by atoms with van der Waals surface area (Å²) < 4.78 is 45.9. The lowest BCUT2D eigenvalue weighted by Gasteiger charge is -2.28. The predicted octanol–water partition coefficient (Wildman–Crippen LogP) is 2.80. The van der Waals surface area contributed by atoms with E-state index in [4.69, 9.17) is 16.3 Å². The molecule has 0 radical (unpaired) electrons. The van der Waals surface area contributed by atoms with Crippen molar-refractivity contribution in [1.82, 2.24) is 19.7 Å². The van der Waals surface area contributed by atoms with Crippen LogP contribution in [0.25, 0.3) is 0 Å². The number of nitrogens with zero attached hydrogens (tertiary/aromatic N) is 4. The Morgan fingerprint density at radius 3 is 2.77 bits per heavy atom. The van der Waals surface area contributed by atoms with E-state index in [1.54, 1.807) is 7.11 Å². The minimum Gasteiger partial charge on any atom is -0.384 e. The van der Waals surface area contributed by atoms with Gasteiger partial charge in [0.05, 0.1) is 29.3 Å². The van der Waals surface area contributed by atoms with Crippen LogP contribution in [0.2, 0.25) is 5.02 Å². The van der Waals surface area contributed by atoms with Gasteiger partial charge in [0.15, 0.2) is 5.82 Å². The molecule has 1 aromatic carbocycles. The van der Waals surface area contributed by atoms with Crippen LogP contribution in [0.3, 0.4) is 0 Å². The molecule has 3 rings (SSSR count). The van der Waals surface area contributed by atoms with E-state index >= 15 is 0 Å². The second-order valence-corrected chi connectivity index (χ2v) is 6.20. The zero-order valence-corrected chi connectivity index (χ0v) is 14.6. The number of methoxy groups -OCH3 is 1. The first-order valence-corrected chi connectivity index (χ1v) is 8.25. The van der Waals surface area contributed by atoms with Crippen LogP contribution in [-0.4, -0.2) is 45.8 Å². The Balaban J connectivity index is 1.81. The van der Waals surface area contributed by atoms with Crippen molar-refractivity contribution in [2.75, 3.05) is 20.3 Å². The van der Waals surface area contributed by atoms with Crippen molar-refractivity contribution in [3.63, 3.8) is 0 Å². The SMILES string of the molecule is COCCc1nnc2n1CCN(C(=O)c1cccc(C(F)(F)F)c1Cl)C2. The number of ether oxygens (including phenoxy) is 1. The molecule has 0 N–H and O–H groups in total. The Labute approximate surface area is 152 Å². The number of rotatable bonds is 4. The van der Waals surface area contributed by atoms with E-state index < -0.39 is 22.7 Å². The van der Waals surface area contributed by atoms with Crippen molar-refractivity contribution in [3.05, 3.63) is 46.0 Å². The van der Waals surface area contributed by atoms with Crippen LogP contribution < -0.4 is 0 Å². The van der Waals surface area contributed by atoms with Gasteiger partial charge in [-0.15, -0.1) is 10.2 Å². The van der Waals surface area contributed by atoms with Crippen molar-refractivity contribution < 1.29 is 22.7 Å². The van der Waals surface area contributed by atoms with E-state index in [1.807, 2.05) is 4.57 Å². The molecule has 2 aromatic rings. The van der Waals surface area contributed by atoms with E-state index in [9.17, 15) is 18.0 Å². The van der Waals surface area contributed by atoms with Crippen LogP contribution in [0, 0.1) is 0 Å². The maximum atomic E-state index is 13.0. The minimum atomic E-state index is -4.62. The largest absolute Gasteiger partial charge is 0.417 e. The van der Waals surface area contributed by atoms with Crippen molar-refractivity contribution in [3.8, 4) is 0 Å². The van der Waals surface area contributed by atoms with Crippen LogP contribution in [0.4, 0.5) is 13.2 Å². The first-order valence-electron chi connectivity index (χ1n) is 7.87. The Kier molecular flexibility index (Phi) is 5.19. The molecular formula is C16H16ClF3N4O2. The second kappa shape index (κ2) is 7.24. The van der Waals surface area contributed by atoms with Gasteiger partial charge in [-0.05, 0) is 12.1 Å². The van der Waals surface area contributed by atoms with E-state index in [0.29, 0.717) is 31.9 Å². The summed E-state index contributed by atoms with van der Waals surface area (Å²) in [6.45, 7) is 1.45. The maximum Gasteiger partial charge on any atom is 0.417 e. The standard InChI is InChI=1S/C16H16ClF3N4O2/c1-26-8-5-12-21-22-13-9-23(6-7-24(12)13)15(25)10-3-2-4-11(14(10)17)16(18,19)20/h2-4H,5-9H2,1H3.